The Bertz CT molecular complexity index is 308. The summed E-state index contributed by atoms with van der Waals surface area (Å²) in [6.07, 6.45) is 11.6. The second-order valence-electron chi connectivity index (χ2n) is 6.37. The number of hydrogen-bond donors (Lipinski definition) is 0. The molecule has 0 saturated carbocycles. The van der Waals surface area contributed by atoms with E-state index in [2.05, 4.69) is 32.9 Å². The lowest BCUT2D eigenvalue weighted by Crippen LogP contribution is -2.43. The highest BCUT2D eigenvalue weighted by molar-refractivity contribution is 5.78. The van der Waals surface area contributed by atoms with Gasteiger partial charge in [-0.2, -0.15) is 0 Å². The highest BCUT2D eigenvalue weighted by Gasteiger charge is 2.22. The topological polar surface area (TPSA) is 29.5 Å². The second-order valence-corrected chi connectivity index (χ2v) is 6.37. The summed E-state index contributed by atoms with van der Waals surface area (Å²) in [5.74, 6) is 1.26. The monoisotopic (exact) mass is 295 g/mol. The van der Waals surface area contributed by atoms with Gasteiger partial charge >= 0.3 is 0 Å². The molecule has 0 bridgehead atoms. The zero-order valence-corrected chi connectivity index (χ0v) is 14.1. The van der Waals surface area contributed by atoms with Gasteiger partial charge in [-0.05, 0) is 32.1 Å². The SMILES string of the molecule is C/C=C/CCCC(C)CCCC(C)C(=O)N1CCOCC1. The summed E-state index contributed by atoms with van der Waals surface area (Å²) in [7, 11) is 0. The van der Waals surface area contributed by atoms with Gasteiger partial charge in [0.15, 0.2) is 0 Å². The van der Waals surface area contributed by atoms with E-state index in [9.17, 15) is 4.79 Å². The summed E-state index contributed by atoms with van der Waals surface area (Å²) in [6.45, 7) is 9.42. The first-order valence-corrected chi connectivity index (χ1v) is 8.62. The van der Waals surface area contributed by atoms with Crippen molar-refractivity contribution < 1.29 is 9.53 Å². The van der Waals surface area contributed by atoms with Crippen molar-refractivity contribution in [2.45, 2.75) is 59.3 Å². The minimum Gasteiger partial charge on any atom is -0.378 e. The molecule has 1 saturated heterocycles. The maximum absolute atomic E-state index is 12.3. The molecule has 0 N–H and O–H groups in total. The maximum Gasteiger partial charge on any atom is 0.225 e. The Labute approximate surface area is 130 Å². The molecule has 122 valence electrons. The van der Waals surface area contributed by atoms with Gasteiger partial charge in [0, 0.05) is 19.0 Å². The lowest BCUT2D eigenvalue weighted by molar-refractivity contribution is -0.139. The first-order valence-electron chi connectivity index (χ1n) is 8.62. The van der Waals surface area contributed by atoms with Crippen molar-refractivity contribution in [1.82, 2.24) is 4.90 Å². The predicted octanol–water partition coefficient (Wildman–Crippen LogP) is 4.03. The average molecular weight is 295 g/mol. The Morgan fingerprint density at radius 2 is 1.81 bits per heavy atom. The summed E-state index contributed by atoms with van der Waals surface area (Å²) in [5.41, 5.74) is 0. The maximum atomic E-state index is 12.3. The molecule has 0 radical (unpaired) electrons. The normalized spacial score (nSPS) is 18.9. The molecule has 2 unspecified atom stereocenters. The molecule has 1 aliphatic rings. The molecule has 0 aliphatic carbocycles. The van der Waals surface area contributed by atoms with Crippen LogP contribution in [0.5, 0.6) is 0 Å². The molecule has 1 heterocycles. The highest BCUT2D eigenvalue weighted by Crippen LogP contribution is 2.19. The fraction of sp³-hybridized carbons (Fsp3) is 0.833. The third kappa shape index (κ3) is 7.66. The Kier molecular flexibility index (Phi) is 9.40. The summed E-state index contributed by atoms with van der Waals surface area (Å²) in [6, 6.07) is 0. The number of carbonyl (C=O) groups is 1. The fourth-order valence-electron chi connectivity index (χ4n) is 2.89. The van der Waals surface area contributed by atoms with E-state index in [1.54, 1.807) is 0 Å². The van der Waals surface area contributed by atoms with Crippen molar-refractivity contribution in [1.29, 1.82) is 0 Å². The molecule has 0 aromatic carbocycles. The number of carbonyl (C=O) groups excluding carboxylic acids is 1. The van der Waals surface area contributed by atoms with Gasteiger partial charge < -0.3 is 9.64 Å². The van der Waals surface area contributed by atoms with Crippen LogP contribution < -0.4 is 0 Å². The average Bonchev–Trinajstić information content (AvgIpc) is 2.51. The van der Waals surface area contributed by atoms with Crippen LogP contribution in [0.15, 0.2) is 12.2 Å². The van der Waals surface area contributed by atoms with Crippen LogP contribution >= 0.6 is 0 Å². The van der Waals surface area contributed by atoms with Gasteiger partial charge in [0.1, 0.15) is 0 Å². The van der Waals surface area contributed by atoms with Crippen LogP contribution in [0.4, 0.5) is 0 Å². The molecule has 1 amide bonds. The van der Waals surface area contributed by atoms with Gasteiger partial charge in [-0.15, -0.1) is 0 Å². The molecule has 1 rings (SSSR count). The Balaban J connectivity index is 2.11. The molecule has 2 atom stereocenters. The van der Waals surface area contributed by atoms with Crippen LogP contribution in [0.3, 0.4) is 0 Å². The molecule has 3 heteroatoms. The predicted molar refractivity (Wildman–Crippen MR) is 88.2 cm³/mol. The van der Waals surface area contributed by atoms with Crippen LogP contribution in [0.1, 0.15) is 59.3 Å². The van der Waals surface area contributed by atoms with Crippen molar-refractivity contribution in [3.63, 3.8) is 0 Å². The highest BCUT2D eigenvalue weighted by atomic mass is 16.5. The first kappa shape index (κ1) is 18.2. The Morgan fingerprint density at radius 3 is 2.48 bits per heavy atom. The zero-order valence-electron chi connectivity index (χ0n) is 14.1. The molecule has 1 aliphatic heterocycles. The molecule has 1 fully saturated rings. The zero-order chi connectivity index (χ0) is 15.5. The standard InChI is InChI=1S/C18H33NO2/c1-4-5-6-7-9-16(2)10-8-11-17(3)18(20)19-12-14-21-15-13-19/h4-5,16-17H,6-15H2,1-3H3/b5-4+. The number of amides is 1. The minimum atomic E-state index is 0.165. The number of rotatable bonds is 9. The molecule has 3 nitrogen and oxygen atoms in total. The summed E-state index contributed by atoms with van der Waals surface area (Å²) in [5, 5.41) is 0. The lowest BCUT2D eigenvalue weighted by atomic mass is 9.94. The van der Waals surface area contributed by atoms with Crippen LogP contribution in [0, 0.1) is 11.8 Å². The van der Waals surface area contributed by atoms with Gasteiger partial charge in [0.05, 0.1) is 13.2 Å². The van der Waals surface area contributed by atoms with E-state index < -0.39 is 0 Å². The van der Waals surface area contributed by atoms with E-state index in [1.807, 2.05) is 4.90 Å². The van der Waals surface area contributed by atoms with Gasteiger partial charge in [-0.3, -0.25) is 4.79 Å². The number of ether oxygens (including phenoxy) is 1. The van der Waals surface area contributed by atoms with Crippen molar-refractivity contribution in [3.8, 4) is 0 Å². The van der Waals surface area contributed by atoms with E-state index in [0.29, 0.717) is 19.1 Å². The molecular formula is C18H33NO2. The van der Waals surface area contributed by atoms with Crippen LogP contribution in [-0.2, 0) is 9.53 Å². The summed E-state index contributed by atoms with van der Waals surface area (Å²) in [4.78, 5) is 14.2. The minimum absolute atomic E-state index is 0.165. The molecule has 0 aromatic heterocycles. The second kappa shape index (κ2) is 10.8. The van der Waals surface area contributed by atoms with Crippen molar-refractivity contribution in [3.05, 3.63) is 12.2 Å². The fourth-order valence-corrected chi connectivity index (χ4v) is 2.89. The van der Waals surface area contributed by atoms with E-state index in [0.717, 1.165) is 25.4 Å². The van der Waals surface area contributed by atoms with E-state index in [-0.39, 0.29) is 5.92 Å². The van der Waals surface area contributed by atoms with Crippen LogP contribution in [-0.4, -0.2) is 37.1 Å². The van der Waals surface area contributed by atoms with Crippen molar-refractivity contribution >= 4 is 5.91 Å². The molecule has 21 heavy (non-hydrogen) atoms. The third-order valence-electron chi connectivity index (χ3n) is 4.38. The Hall–Kier alpha value is -0.830. The number of nitrogens with zero attached hydrogens (tertiary/aromatic N) is 1. The summed E-state index contributed by atoms with van der Waals surface area (Å²) < 4.78 is 5.30. The Morgan fingerprint density at radius 1 is 1.14 bits per heavy atom. The third-order valence-corrected chi connectivity index (χ3v) is 4.38. The van der Waals surface area contributed by atoms with Gasteiger partial charge in [0.25, 0.3) is 0 Å². The van der Waals surface area contributed by atoms with Crippen molar-refractivity contribution in [2.75, 3.05) is 26.3 Å². The van der Waals surface area contributed by atoms with Crippen molar-refractivity contribution in [2.24, 2.45) is 11.8 Å². The number of allylic oxidation sites excluding steroid dienone is 2. The smallest absolute Gasteiger partial charge is 0.225 e. The molecule has 0 spiro atoms. The quantitative estimate of drug-likeness (QED) is 0.475. The largest absolute Gasteiger partial charge is 0.378 e. The molecule has 0 aromatic rings. The summed E-state index contributed by atoms with van der Waals surface area (Å²) >= 11 is 0. The van der Waals surface area contributed by atoms with Gasteiger partial charge in [-0.25, -0.2) is 0 Å². The number of morpholine rings is 1. The lowest BCUT2D eigenvalue weighted by Gasteiger charge is -2.29. The van der Waals surface area contributed by atoms with E-state index in [1.165, 1.54) is 32.1 Å². The van der Waals surface area contributed by atoms with Crippen LogP contribution in [0.25, 0.3) is 0 Å². The van der Waals surface area contributed by atoms with Crippen LogP contribution in [0.2, 0.25) is 0 Å². The number of hydrogen-bond acceptors (Lipinski definition) is 2. The number of unbranched alkanes of at least 4 members (excludes halogenated alkanes) is 1. The van der Waals surface area contributed by atoms with Gasteiger partial charge in [0.2, 0.25) is 5.91 Å². The van der Waals surface area contributed by atoms with E-state index in [4.69, 9.17) is 4.74 Å². The van der Waals surface area contributed by atoms with Gasteiger partial charge in [-0.1, -0.05) is 45.3 Å². The van der Waals surface area contributed by atoms with E-state index >= 15 is 0 Å². The first-order chi connectivity index (χ1) is 10.1. The molecular weight excluding hydrogens is 262 g/mol.